The summed E-state index contributed by atoms with van der Waals surface area (Å²) in [5.74, 6) is -0.808. The van der Waals surface area contributed by atoms with E-state index in [2.05, 4.69) is 0 Å². The SMILES string of the molecule is Cc1ccc2c(c1)C(=O)N(c1ccc([N+](=O)[O-])cc1C)C2=O. The fourth-order valence-electron chi connectivity index (χ4n) is 2.58. The van der Waals surface area contributed by atoms with E-state index >= 15 is 0 Å². The van der Waals surface area contributed by atoms with Crippen molar-refractivity contribution in [1.82, 2.24) is 0 Å². The van der Waals surface area contributed by atoms with Crippen molar-refractivity contribution in [2.24, 2.45) is 0 Å². The predicted octanol–water partition coefficient (Wildman–Crippen LogP) is 3.01. The average Bonchev–Trinajstić information content (AvgIpc) is 2.71. The molecule has 0 bridgehead atoms. The normalized spacial score (nSPS) is 13.5. The number of anilines is 1. The maximum Gasteiger partial charge on any atom is 0.269 e. The molecule has 0 saturated heterocycles. The molecule has 110 valence electrons. The number of nitro benzene ring substituents is 1. The summed E-state index contributed by atoms with van der Waals surface area (Å²) in [7, 11) is 0. The highest BCUT2D eigenvalue weighted by Crippen LogP contribution is 2.32. The van der Waals surface area contributed by atoms with Crippen molar-refractivity contribution in [3.05, 3.63) is 68.8 Å². The lowest BCUT2D eigenvalue weighted by Gasteiger charge is -2.16. The van der Waals surface area contributed by atoms with Crippen molar-refractivity contribution in [2.75, 3.05) is 4.90 Å². The second-order valence-electron chi connectivity index (χ2n) is 5.22. The number of rotatable bonds is 2. The molecule has 1 aliphatic rings. The largest absolute Gasteiger partial charge is 0.269 e. The van der Waals surface area contributed by atoms with Gasteiger partial charge in [-0.25, -0.2) is 4.90 Å². The van der Waals surface area contributed by atoms with Gasteiger partial charge in [0, 0.05) is 12.1 Å². The summed E-state index contributed by atoms with van der Waals surface area (Å²) in [6.07, 6.45) is 0. The zero-order valence-corrected chi connectivity index (χ0v) is 12.0. The van der Waals surface area contributed by atoms with Crippen LogP contribution in [0.3, 0.4) is 0 Å². The number of carbonyl (C=O) groups excluding carboxylic acids is 2. The third-order valence-corrected chi connectivity index (χ3v) is 3.67. The molecular formula is C16H12N2O4. The van der Waals surface area contributed by atoms with Gasteiger partial charge in [0.05, 0.1) is 21.7 Å². The Hall–Kier alpha value is -3.02. The minimum Gasteiger partial charge on any atom is -0.268 e. The zero-order valence-electron chi connectivity index (χ0n) is 12.0. The van der Waals surface area contributed by atoms with Crippen LogP contribution in [-0.2, 0) is 0 Å². The van der Waals surface area contributed by atoms with E-state index in [9.17, 15) is 19.7 Å². The average molecular weight is 296 g/mol. The van der Waals surface area contributed by atoms with E-state index in [1.54, 1.807) is 25.1 Å². The molecule has 0 unspecified atom stereocenters. The van der Waals surface area contributed by atoms with Crippen LogP contribution in [0, 0.1) is 24.0 Å². The molecule has 2 amide bonds. The fourth-order valence-corrected chi connectivity index (χ4v) is 2.58. The first-order valence-electron chi connectivity index (χ1n) is 6.64. The molecule has 0 aliphatic carbocycles. The van der Waals surface area contributed by atoms with E-state index in [0.717, 1.165) is 10.5 Å². The molecular weight excluding hydrogens is 284 g/mol. The monoisotopic (exact) mass is 296 g/mol. The van der Waals surface area contributed by atoms with Gasteiger partial charge in [0.1, 0.15) is 0 Å². The number of aryl methyl sites for hydroxylation is 2. The molecule has 22 heavy (non-hydrogen) atoms. The van der Waals surface area contributed by atoms with Gasteiger partial charge in [0.2, 0.25) is 0 Å². The van der Waals surface area contributed by atoms with Crippen LogP contribution in [0.2, 0.25) is 0 Å². The topological polar surface area (TPSA) is 80.5 Å². The van der Waals surface area contributed by atoms with E-state index in [4.69, 9.17) is 0 Å². The summed E-state index contributed by atoms with van der Waals surface area (Å²) in [4.78, 5) is 36.3. The molecule has 0 spiro atoms. The van der Waals surface area contributed by atoms with Gasteiger partial charge in [0.25, 0.3) is 17.5 Å². The van der Waals surface area contributed by atoms with Gasteiger partial charge in [-0.05, 0) is 37.6 Å². The van der Waals surface area contributed by atoms with Crippen LogP contribution in [0.4, 0.5) is 11.4 Å². The number of fused-ring (bicyclic) bond motifs is 1. The molecule has 0 fully saturated rings. The highest BCUT2D eigenvalue weighted by molar-refractivity contribution is 6.34. The van der Waals surface area contributed by atoms with Crippen molar-refractivity contribution < 1.29 is 14.5 Å². The Morgan fingerprint density at radius 3 is 2.27 bits per heavy atom. The minimum atomic E-state index is -0.511. The number of nitrogens with zero attached hydrogens (tertiary/aromatic N) is 2. The van der Waals surface area contributed by atoms with Crippen LogP contribution in [0.25, 0.3) is 0 Å². The fraction of sp³-hybridized carbons (Fsp3) is 0.125. The second kappa shape index (κ2) is 4.77. The second-order valence-corrected chi connectivity index (χ2v) is 5.22. The smallest absolute Gasteiger partial charge is 0.268 e. The van der Waals surface area contributed by atoms with Crippen molar-refractivity contribution in [1.29, 1.82) is 0 Å². The third-order valence-electron chi connectivity index (χ3n) is 3.67. The number of imide groups is 1. The molecule has 1 heterocycles. The Kier molecular flexibility index (Phi) is 3.02. The van der Waals surface area contributed by atoms with Crippen molar-refractivity contribution >= 4 is 23.2 Å². The Labute approximate surface area is 126 Å². The van der Waals surface area contributed by atoms with Gasteiger partial charge in [-0.3, -0.25) is 19.7 Å². The highest BCUT2D eigenvalue weighted by Gasteiger charge is 2.37. The summed E-state index contributed by atoms with van der Waals surface area (Å²) in [6.45, 7) is 3.48. The molecule has 0 aromatic heterocycles. The Morgan fingerprint density at radius 2 is 1.64 bits per heavy atom. The third kappa shape index (κ3) is 1.96. The van der Waals surface area contributed by atoms with Crippen molar-refractivity contribution in [3.63, 3.8) is 0 Å². The lowest BCUT2D eigenvalue weighted by atomic mass is 10.1. The molecule has 6 nitrogen and oxygen atoms in total. The molecule has 6 heteroatoms. The molecule has 0 atom stereocenters. The Morgan fingerprint density at radius 1 is 0.955 bits per heavy atom. The predicted molar refractivity (Wildman–Crippen MR) is 80.2 cm³/mol. The van der Waals surface area contributed by atoms with Crippen LogP contribution < -0.4 is 4.90 Å². The maximum atomic E-state index is 12.5. The van der Waals surface area contributed by atoms with E-state index in [1.165, 1.54) is 18.2 Å². The van der Waals surface area contributed by atoms with Gasteiger partial charge in [-0.2, -0.15) is 0 Å². The molecule has 0 N–H and O–H groups in total. The first-order valence-corrected chi connectivity index (χ1v) is 6.64. The summed E-state index contributed by atoms with van der Waals surface area (Å²) in [6, 6.07) is 9.15. The van der Waals surface area contributed by atoms with E-state index in [-0.39, 0.29) is 5.69 Å². The number of hydrogen-bond acceptors (Lipinski definition) is 4. The Balaban J connectivity index is 2.09. The first kappa shape index (κ1) is 13.9. The molecule has 0 radical (unpaired) electrons. The van der Waals surface area contributed by atoms with Crippen LogP contribution in [-0.4, -0.2) is 16.7 Å². The first-order chi connectivity index (χ1) is 10.4. The highest BCUT2D eigenvalue weighted by atomic mass is 16.6. The quantitative estimate of drug-likeness (QED) is 0.484. The van der Waals surface area contributed by atoms with Gasteiger partial charge >= 0.3 is 0 Å². The molecule has 1 aliphatic heterocycles. The van der Waals surface area contributed by atoms with Gasteiger partial charge in [-0.15, -0.1) is 0 Å². The minimum absolute atomic E-state index is 0.0753. The number of amides is 2. The van der Waals surface area contributed by atoms with Crippen molar-refractivity contribution in [3.8, 4) is 0 Å². The molecule has 2 aromatic carbocycles. The molecule has 3 rings (SSSR count). The zero-order chi connectivity index (χ0) is 16.0. The number of nitro groups is 1. The number of non-ortho nitro benzene ring substituents is 1. The standard InChI is InChI=1S/C16H12N2O4/c1-9-3-5-12-13(7-9)16(20)17(15(12)19)14-6-4-11(18(21)22)8-10(14)2/h3-8H,1-2H3. The summed E-state index contributed by atoms with van der Waals surface area (Å²) < 4.78 is 0. The van der Waals surface area contributed by atoms with Crippen LogP contribution in [0.15, 0.2) is 36.4 Å². The van der Waals surface area contributed by atoms with Gasteiger partial charge in [0.15, 0.2) is 0 Å². The number of hydrogen-bond donors (Lipinski definition) is 0. The molecule has 2 aromatic rings. The number of carbonyl (C=O) groups is 2. The van der Waals surface area contributed by atoms with Crippen molar-refractivity contribution in [2.45, 2.75) is 13.8 Å². The summed E-state index contributed by atoms with van der Waals surface area (Å²) >= 11 is 0. The maximum absolute atomic E-state index is 12.5. The van der Waals surface area contributed by atoms with E-state index in [0.29, 0.717) is 22.4 Å². The van der Waals surface area contributed by atoms with Gasteiger partial charge in [-0.1, -0.05) is 11.6 Å². The van der Waals surface area contributed by atoms with E-state index in [1.807, 2.05) is 6.92 Å². The lowest BCUT2D eigenvalue weighted by molar-refractivity contribution is -0.384. The summed E-state index contributed by atoms with van der Waals surface area (Å²) in [5.41, 5.74) is 2.40. The number of benzene rings is 2. The molecule has 0 saturated carbocycles. The Bertz CT molecular complexity index is 842. The van der Waals surface area contributed by atoms with Crippen LogP contribution in [0.1, 0.15) is 31.8 Å². The van der Waals surface area contributed by atoms with E-state index < -0.39 is 16.7 Å². The lowest BCUT2D eigenvalue weighted by Crippen LogP contribution is -2.30. The summed E-state index contributed by atoms with van der Waals surface area (Å²) in [5, 5.41) is 10.8. The van der Waals surface area contributed by atoms with Crippen LogP contribution >= 0.6 is 0 Å². The van der Waals surface area contributed by atoms with Crippen LogP contribution in [0.5, 0.6) is 0 Å². The van der Waals surface area contributed by atoms with Gasteiger partial charge < -0.3 is 0 Å².